The first kappa shape index (κ1) is 23.1. The lowest BCUT2D eigenvalue weighted by Crippen LogP contribution is -2.23. The summed E-state index contributed by atoms with van der Waals surface area (Å²) in [5.41, 5.74) is 1.77. The summed E-state index contributed by atoms with van der Waals surface area (Å²) >= 11 is 9.77. The van der Waals surface area contributed by atoms with Crippen LogP contribution < -0.4 is 10.3 Å². The van der Waals surface area contributed by atoms with E-state index in [4.69, 9.17) is 16.3 Å². The zero-order valence-corrected chi connectivity index (χ0v) is 20.3. The molecule has 1 aromatic heterocycles. The van der Waals surface area contributed by atoms with E-state index < -0.39 is 0 Å². The van der Waals surface area contributed by atoms with Gasteiger partial charge in [-0.1, -0.05) is 53.5 Å². The predicted molar refractivity (Wildman–Crippen MR) is 133 cm³/mol. The SMILES string of the molecule is CC(C)c1nc2ccc(Br)cc2c(=O)n1N=Cc1ccc(OCc2cccc(F)c2)c(Cl)c1. The molecule has 0 fully saturated rings. The second kappa shape index (κ2) is 9.85. The third-order valence-electron chi connectivity index (χ3n) is 4.91. The molecule has 0 aliphatic carbocycles. The third-order valence-corrected chi connectivity index (χ3v) is 5.70. The van der Waals surface area contributed by atoms with Crippen molar-refractivity contribution in [2.45, 2.75) is 26.4 Å². The van der Waals surface area contributed by atoms with Gasteiger partial charge in [-0.2, -0.15) is 9.78 Å². The Morgan fingerprint density at radius 2 is 2.00 bits per heavy atom. The van der Waals surface area contributed by atoms with Gasteiger partial charge in [-0.05, 0) is 59.7 Å². The molecule has 0 saturated heterocycles. The minimum absolute atomic E-state index is 0.00918. The van der Waals surface area contributed by atoms with Gasteiger partial charge in [-0.3, -0.25) is 4.79 Å². The molecule has 0 aliphatic heterocycles. The Labute approximate surface area is 203 Å². The van der Waals surface area contributed by atoms with Crippen molar-refractivity contribution in [3.8, 4) is 5.75 Å². The zero-order chi connectivity index (χ0) is 23.5. The molecule has 33 heavy (non-hydrogen) atoms. The Morgan fingerprint density at radius 3 is 2.73 bits per heavy atom. The lowest BCUT2D eigenvalue weighted by atomic mass is 10.2. The van der Waals surface area contributed by atoms with Crippen molar-refractivity contribution in [3.63, 3.8) is 0 Å². The van der Waals surface area contributed by atoms with Crippen LogP contribution in [0.15, 0.2) is 75.0 Å². The molecule has 168 valence electrons. The molecule has 0 unspecified atom stereocenters. The van der Waals surface area contributed by atoms with E-state index in [9.17, 15) is 9.18 Å². The van der Waals surface area contributed by atoms with E-state index in [0.717, 1.165) is 4.47 Å². The van der Waals surface area contributed by atoms with Gasteiger partial charge in [-0.15, -0.1) is 0 Å². The standard InChI is InChI=1S/C25H20BrClFN3O2/c1-15(2)24-30-22-8-7-18(26)12-20(22)25(32)31(24)29-13-16-6-9-23(21(27)11-16)33-14-17-4-3-5-19(28)10-17/h3-13,15H,14H2,1-2H3. The van der Waals surface area contributed by atoms with Crippen LogP contribution in [0.25, 0.3) is 10.9 Å². The Kier molecular flexibility index (Phi) is 6.91. The number of hydrogen-bond acceptors (Lipinski definition) is 4. The maximum Gasteiger partial charge on any atom is 0.282 e. The molecule has 0 bridgehead atoms. The lowest BCUT2D eigenvalue weighted by Gasteiger charge is -2.12. The molecule has 0 saturated carbocycles. The lowest BCUT2D eigenvalue weighted by molar-refractivity contribution is 0.306. The van der Waals surface area contributed by atoms with Gasteiger partial charge in [-0.25, -0.2) is 9.37 Å². The van der Waals surface area contributed by atoms with Crippen molar-refractivity contribution in [1.29, 1.82) is 0 Å². The Bertz CT molecular complexity index is 1420. The molecule has 0 spiro atoms. The fourth-order valence-electron chi connectivity index (χ4n) is 3.28. The van der Waals surface area contributed by atoms with E-state index in [-0.39, 0.29) is 23.9 Å². The monoisotopic (exact) mass is 527 g/mol. The first-order valence-corrected chi connectivity index (χ1v) is 11.4. The summed E-state index contributed by atoms with van der Waals surface area (Å²) in [5, 5.41) is 5.27. The van der Waals surface area contributed by atoms with Gasteiger partial charge < -0.3 is 4.74 Å². The summed E-state index contributed by atoms with van der Waals surface area (Å²) < 4.78 is 21.2. The van der Waals surface area contributed by atoms with E-state index >= 15 is 0 Å². The van der Waals surface area contributed by atoms with Crippen LogP contribution in [0.1, 0.15) is 36.7 Å². The number of halogens is 3. The van der Waals surface area contributed by atoms with Crippen molar-refractivity contribution in [3.05, 3.63) is 103 Å². The van der Waals surface area contributed by atoms with E-state index in [0.29, 0.717) is 38.6 Å². The second-order valence-electron chi connectivity index (χ2n) is 7.76. The number of ether oxygens (including phenoxy) is 1. The maximum absolute atomic E-state index is 13.3. The minimum Gasteiger partial charge on any atom is -0.487 e. The molecule has 0 amide bonds. The van der Waals surface area contributed by atoms with Crippen LogP contribution in [0.2, 0.25) is 5.02 Å². The largest absolute Gasteiger partial charge is 0.487 e. The number of hydrogen-bond donors (Lipinski definition) is 0. The van der Waals surface area contributed by atoms with Gasteiger partial charge in [0.15, 0.2) is 0 Å². The highest BCUT2D eigenvalue weighted by molar-refractivity contribution is 9.10. The number of fused-ring (bicyclic) bond motifs is 1. The summed E-state index contributed by atoms with van der Waals surface area (Å²) in [6, 6.07) is 16.8. The summed E-state index contributed by atoms with van der Waals surface area (Å²) in [7, 11) is 0. The Morgan fingerprint density at radius 1 is 1.18 bits per heavy atom. The van der Waals surface area contributed by atoms with Gasteiger partial charge in [0.05, 0.1) is 22.1 Å². The number of rotatable bonds is 6. The second-order valence-corrected chi connectivity index (χ2v) is 9.08. The quantitative estimate of drug-likeness (QED) is 0.267. The summed E-state index contributed by atoms with van der Waals surface area (Å²) in [6.07, 6.45) is 1.56. The molecule has 0 atom stereocenters. The van der Waals surface area contributed by atoms with E-state index in [1.165, 1.54) is 16.8 Å². The first-order valence-electron chi connectivity index (χ1n) is 10.2. The van der Waals surface area contributed by atoms with Crippen LogP contribution in [0.3, 0.4) is 0 Å². The summed E-state index contributed by atoms with van der Waals surface area (Å²) in [6.45, 7) is 4.11. The van der Waals surface area contributed by atoms with E-state index in [1.807, 2.05) is 26.0 Å². The average molecular weight is 529 g/mol. The molecule has 8 heteroatoms. The summed E-state index contributed by atoms with van der Waals surface area (Å²) in [5.74, 6) is 0.702. The van der Waals surface area contributed by atoms with Crippen LogP contribution >= 0.6 is 27.5 Å². The van der Waals surface area contributed by atoms with E-state index in [1.54, 1.807) is 42.6 Å². The van der Waals surface area contributed by atoms with Crippen molar-refractivity contribution in [2.75, 3.05) is 0 Å². The normalized spacial score (nSPS) is 11.6. The maximum atomic E-state index is 13.3. The highest BCUT2D eigenvalue weighted by Gasteiger charge is 2.14. The molecule has 4 rings (SSSR count). The van der Waals surface area contributed by atoms with Gasteiger partial charge in [0, 0.05) is 10.4 Å². The van der Waals surface area contributed by atoms with Crippen LogP contribution in [0.4, 0.5) is 4.39 Å². The smallest absolute Gasteiger partial charge is 0.282 e. The van der Waals surface area contributed by atoms with Crippen molar-refractivity contribution >= 4 is 44.6 Å². The first-order chi connectivity index (χ1) is 15.8. The topological polar surface area (TPSA) is 56.5 Å². The molecular weight excluding hydrogens is 509 g/mol. The molecule has 4 aromatic rings. The molecule has 0 aliphatic rings. The van der Waals surface area contributed by atoms with Crippen LogP contribution in [-0.4, -0.2) is 15.9 Å². The highest BCUT2D eigenvalue weighted by Crippen LogP contribution is 2.26. The van der Waals surface area contributed by atoms with E-state index in [2.05, 4.69) is 26.0 Å². The fraction of sp³-hybridized carbons (Fsp3) is 0.160. The molecule has 0 N–H and O–H groups in total. The van der Waals surface area contributed by atoms with Crippen LogP contribution in [0, 0.1) is 5.82 Å². The van der Waals surface area contributed by atoms with Gasteiger partial charge >= 0.3 is 0 Å². The number of benzene rings is 3. The molecule has 3 aromatic carbocycles. The van der Waals surface area contributed by atoms with Gasteiger partial charge in [0.1, 0.15) is 24.0 Å². The molecule has 0 radical (unpaired) electrons. The zero-order valence-electron chi connectivity index (χ0n) is 17.9. The molecule has 5 nitrogen and oxygen atoms in total. The summed E-state index contributed by atoms with van der Waals surface area (Å²) in [4.78, 5) is 17.7. The fourth-order valence-corrected chi connectivity index (χ4v) is 3.88. The Hall–Kier alpha value is -3.03. The average Bonchev–Trinajstić information content (AvgIpc) is 2.78. The minimum atomic E-state index is -0.319. The molecule has 1 heterocycles. The third kappa shape index (κ3) is 5.31. The molecular formula is C25H20BrClFN3O2. The van der Waals surface area contributed by atoms with Crippen molar-refractivity contribution in [1.82, 2.24) is 9.66 Å². The van der Waals surface area contributed by atoms with Crippen LogP contribution in [-0.2, 0) is 6.61 Å². The van der Waals surface area contributed by atoms with Crippen molar-refractivity contribution < 1.29 is 9.13 Å². The van der Waals surface area contributed by atoms with Crippen LogP contribution in [0.5, 0.6) is 5.75 Å². The number of aromatic nitrogens is 2. The predicted octanol–water partition coefficient (Wildman–Crippen LogP) is 6.54. The van der Waals surface area contributed by atoms with Gasteiger partial charge in [0.2, 0.25) is 0 Å². The highest BCUT2D eigenvalue weighted by atomic mass is 79.9. The Balaban J connectivity index is 1.61. The number of nitrogens with zero attached hydrogens (tertiary/aromatic N) is 3. The van der Waals surface area contributed by atoms with Gasteiger partial charge in [0.25, 0.3) is 5.56 Å². The van der Waals surface area contributed by atoms with Crippen molar-refractivity contribution in [2.24, 2.45) is 5.10 Å².